The van der Waals surface area contributed by atoms with Crippen LogP contribution in [0.4, 0.5) is 0 Å². The molecule has 0 bridgehead atoms. The summed E-state index contributed by atoms with van der Waals surface area (Å²) >= 11 is 0. The summed E-state index contributed by atoms with van der Waals surface area (Å²) in [6.45, 7) is 0. The maximum atomic E-state index is 10.6. The number of nitriles is 1. The predicted octanol–water partition coefficient (Wildman–Crippen LogP) is 0.965. The van der Waals surface area contributed by atoms with E-state index >= 15 is 0 Å². The molecule has 0 aromatic heterocycles. The number of hydrogen-bond acceptors (Lipinski definition) is 2. The molecule has 0 atom stereocenters. The molecule has 0 unspecified atom stereocenters. The lowest BCUT2D eigenvalue weighted by Crippen LogP contribution is -1.95. The van der Waals surface area contributed by atoms with Crippen LogP contribution in [0.25, 0.3) is 0 Å². The van der Waals surface area contributed by atoms with Crippen LogP contribution in [0.2, 0.25) is 0 Å². The Kier molecular flexibility index (Phi) is 1.46. The zero-order chi connectivity index (χ0) is 6.69. The van der Waals surface area contributed by atoms with Gasteiger partial charge in [0, 0.05) is 6.42 Å². The van der Waals surface area contributed by atoms with Gasteiger partial charge in [0.25, 0.3) is 0 Å². The third kappa shape index (κ3) is 1.26. The van der Waals surface area contributed by atoms with Crippen LogP contribution in [0.5, 0.6) is 0 Å². The Labute approximate surface area is 53.1 Å². The van der Waals surface area contributed by atoms with Gasteiger partial charge in [-0.2, -0.15) is 5.26 Å². The minimum absolute atomic E-state index is 0.00838. The largest absolute Gasteiger partial charge is 0.294 e. The van der Waals surface area contributed by atoms with E-state index in [1.165, 1.54) is 6.08 Å². The first-order chi connectivity index (χ1) is 4.33. The van der Waals surface area contributed by atoms with E-state index in [2.05, 4.69) is 0 Å². The minimum atomic E-state index is 0.00838. The van der Waals surface area contributed by atoms with E-state index in [0.29, 0.717) is 12.0 Å². The zero-order valence-electron chi connectivity index (χ0n) is 4.79. The van der Waals surface area contributed by atoms with Gasteiger partial charge in [0.05, 0.1) is 11.6 Å². The summed E-state index contributed by atoms with van der Waals surface area (Å²) in [6, 6.07) is 1.89. The standard InChI is InChI=1S/C7H5NO/c8-5-6-2-1-3-7(9)4-6/h1-2,4H,3H2. The van der Waals surface area contributed by atoms with Crippen molar-refractivity contribution in [3.05, 3.63) is 23.8 Å². The molecule has 0 N–H and O–H groups in total. The molecule has 1 rings (SSSR count). The highest BCUT2D eigenvalue weighted by molar-refractivity contribution is 5.93. The fraction of sp³-hybridized carbons (Fsp3) is 0.143. The molecule has 2 nitrogen and oxygen atoms in total. The average Bonchev–Trinajstić information content (AvgIpc) is 1.88. The molecular weight excluding hydrogens is 114 g/mol. The zero-order valence-corrected chi connectivity index (χ0v) is 4.79. The Morgan fingerprint density at radius 2 is 2.44 bits per heavy atom. The smallest absolute Gasteiger partial charge is 0.160 e. The number of carbonyl (C=O) groups excluding carboxylic acids is 1. The fourth-order valence-electron chi connectivity index (χ4n) is 0.652. The van der Waals surface area contributed by atoms with Gasteiger partial charge in [-0.05, 0) is 12.2 Å². The molecule has 0 saturated heterocycles. The van der Waals surface area contributed by atoms with Gasteiger partial charge >= 0.3 is 0 Å². The lowest BCUT2D eigenvalue weighted by molar-refractivity contribution is -0.113. The van der Waals surface area contributed by atoms with Gasteiger partial charge in [-0.3, -0.25) is 4.79 Å². The van der Waals surface area contributed by atoms with Gasteiger partial charge in [0.2, 0.25) is 0 Å². The van der Waals surface area contributed by atoms with Crippen LogP contribution in [0.3, 0.4) is 0 Å². The number of allylic oxidation sites excluding steroid dienone is 4. The van der Waals surface area contributed by atoms with E-state index < -0.39 is 0 Å². The molecule has 44 valence electrons. The highest BCUT2D eigenvalue weighted by atomic mass is 16.1. The van der Waals surface area contributed by atoms with Crippen LogP contribution in [0.15, 0.2) is 23.8 Å². The molecule has 9 heavy (non-hydrogen) atoms. The Balaban J connectivity index is 2.86. The second-order valence-corrected chi connectivity index (χ2v) is 1.78. The average molecular weight is 119 g/mol. The van der Waals surface area contributed by atoms with Crippen molar-refractivity contribution < 1.29 is 4.79 Å². The number of rotatable bonds is 0. The van der Waals surface area contributed by atoms with E-state index in [1.54, 1.807) is 12.2 Å². The molecule has 0 aliphatic heterocycles. The summed E-state index contributed by atoms with van der Waals surface area (Å²) in [6.07, 6.45) is 5.15. The lowest BCUT2D eigenvalue weighted by atomic mass is 10.1. The van der Waals surface area contributed by atoms with Gasteiger partial charge in [0.1, 0.15) is 0 Å². The first-order valence-corrected chi connectivity index (χ1v) is 2.64. The van der Waals surface area contributed by atoms with Gasteiger partial charge in [-0.25, -0.2) is 0 Å². The molecule has 0 radical (unpaired) electrons. The number of ketones is 1. The van der Waals surface area contributed by atoms with Crippen molar-refractivity contribution in [1.82, 2.24) is 0 Å². The second-order valence-electron chi connectivity index (χ2n) is 1.78. The SMILES string of the molecule is N#CC1=CC(=O)CC=C1. The lowest BCUT2D eigenvalue weighted by Gasteiger charge is -1.94. The summed E-state index contributed by atoms with van der Waals surface area (Å²) < 4.78 is 0. The van der Waals surface area contributed by atoms with Crippen molar-refractivity contribution in [2.45, 2.75) is 6.42 Å². The Morgan fingerprint density at radius 3 is 2.89 bits per heavy atom. The summed E-state index contributed by atoms with van der Waals surface area (Å²) in [7, 11) is 0. The number of nitrogens with zero attached hydrogens (tertiary/aromatic N) is 1. The van der Waals surface area contributed by atoms with Crippen molar-refractivity contribution in [2.24, 2.45) is 0 Å². The maximum Gasteiger partial charge on any atom is 0.160 e. The molecule has 2 heteroatoms. The van der Waals surface area contributed by atoms with Gasteiger partial charge in [0.15, 0.2) is 5.78 Å². The van der Waals surface area contributed by atoms with E-state index in [1.807, 2.05) is 6.07 Å². The Hall–Kier alpha value is -1.36. The summed E-state index contributed by atoms with van der Waals surface area (Å²) in [5, 5.41) is 8.29. The van der Waals surface area contributed by atoms with Crippen molar-refractivity contribution in [3.63, 3.8) is 0 Å². The maximum absolute atomic E-state index is 10.6. The van der Waals surface area contributed by atoms with Crippen LogP contribution < -0.4 is 0 Å². The molecule has 0 saturated carbocycles. The Bertz CT molecular complexity index is 230. The molecular formula is C7H5NO. The summed E-state index contributed by atoms with van der Waals surface area (Å²) in [5.74, 6) is 0.00838. The molecule has 0 aromatic carbocycles. The van der Waals surface area contributed by atoms with Crippen LogP contribution in [-0.2, 0) is 4.79 Å². The third-order valence-electron chi connectivity index (χ3n) is 1.06. The number of hydrogen-bond donors (Lipinski definition) is 0. The highest BCUT2D eigenvalue weighted by Gasteiger charge is 2.01. The van der Waals surface area contributed by atoms with Gasteiger partial charge in [-0.1, -0.05) is 6.08 Å². The van der Waals surface area contributed by atoms with Crippen molar-refractivity contribution in [3.8, 4) is 6.07 Å². The first-order valence-electron chi connectivity index (χ1n) is 2.64. The molecule has 0 amide bonds. The summed E-state index contributed by atoms with van der Waals surface area (Å²) in [5.41, 5.74) is 0.450. The predicted molar refractivity (Wildman–Crippen MR) is 32.5 cm³/mol. The second kappa shape index (κ2) is 2.27. The first kappa shape index (κ1) is 5.77. The molecule has 1 aliphatic carbocycles. The monoisotopic (exact) mass is 119 g/mol. The van der Waals surface area contributed by atoms with Crippen LogP contribution >= 0.6 is 0 Å². The molecule has 0 heterocycles. The minimum Gasteiger partial charge on any atom is -0.294 e. The van der Waals surface area contributed by atoms with E-state index in [9.17, 15) is 4.79 Å². The normalized spacial score (nSPS) is 16.8. The van der Waals surface area contributed by atoms with Crippen LogP contribution in [-0.4, -0.2) is 5.78 Å². The summed E-state index contributed by atoms with van der Waals surface area (Å²) in [4.78, 5) is 10.6. The van der Waals surface area contributed by atoms with Gasteiger partial charge in [-0.15, -0.1) is 0 Å². The molecule has 0 spiro atoms. The van der Waals surface area contributed by atoms with Crippen molar-refractivity contribution >= 4 is 5.78 Å². The highest BCUT2D eigenvalue weighted by Crippen LogP contribution is 2.04. The van der Waals surface area contributed by atoms with Gasteiger partial charge < -0.3 is 0 Å². The quantitative estimate of drug-likeness (QED) is 0.476. The van der Waals surface area contributed by atoms with E-state index in [-0.39, 0.29) is 5.78 Å². The Morgan fingerprint density at radius 1 is 1.67 bits per heavy atom. The topological polar surface area (TPSA) is 40.9 Å². The van der Waals surface area contributed by atoms with Crippen molar-refractivity contribution in [2.75, 3.05) is 0 Å². The van der Waals surface area contributed by atoms with E-state index in [0.717, 1.165) is 0 Å². The van der Waals surface area contributed by atoms with E-state index in [4.69, 9.17) is 5.26 Å². The van der Waals surface area contributed by atoms with Crippen LogP contribution in [0, 0.1) is 11.3 Å². The third-order valence-corrected chi connectivity index (χ3v) is 1.06. The fourth-order valence-corrected chi connectivity index (χ4v) is 0.652. The molecule has 0 aromatic rings. The molecule has 0 fully saturated rings. The van der Waals surface area contributed by atoms with Crippen LogP contribution in [0.1, 0.15) is 6.42 Å². The molecule has 1 aliphatic rings. The van der Waals surface area contributed by atoms with Crippen molar-refractivity contribution in [1.29, 1.82) is 5.26 Å². The number of carbonyl (C=O) groups is 1.